The molecule has 0 spiro atoms. The fraction of sp³-hybridized carbons (Fsp3) is 0.706. The maximum Gasteiger partial charge on any atom is 0.244 e. The second-order valence-electron chi connectivity index (χ2n) is 8.72. The molecule has 0 aromatic carbocycles. The third-order valence-electron chi connectivity index (χ3n) is 5.89. The van der Waals surface area contributed by atoms with Crippen molar-refractivity contribution in [1.29, 1.82) is 0 Å². The molecule has 3 rings (SSSR count). The van der Waals surface area contributed by atoms with E-state index in [0.717, 1.165) is 30.5 Å². The Morgan fingerprint density at radius 2 is 1.88 bits per heavy atom. The number of fused-ring (bicyclic) bond motifs is 1. The van der Waals surface area contributed by atoms with Crippen LogP contribution in [-0.2, 0) is 16.9 Å². The Hall–Kier alpha value is -1.47. The molecule has 2 N–H and O–H groups in total. The summed E-state index contributed by atoms with van der Waals surface area (Å²) in [5.74, 6) is 0.508. The normalized spacial score (nSPS) is 21.1. The highest BCUT2D eigenvalue weighted by molar-refractivity contribution is 6.83. The van der Waals surface area contributed by atoms with Crippen LogP contribution in [0.3, 0.4) is 0 Å². The van der Waals surface area contributed by atoms with E-state index in [9.17, 15) is 9.59 Å². The number of hydrogen-bond acceptors (Lipinski definition) is 4. The van der Waals surface area contributed by atoms with E-state index in [1.54, 1.807) is 0 Å². The lowest BCUT2D eigenvalue weighted by Gasteiger charge is -2.48. The van der Waals surface area contributed by atoms with Crippen LogP contribution in [-0.4, -0.2) is 29.7 Å². The van der Waals surface area contributed by atoms with E-state index in [-0.39, 0.29) is 22.4 Å². The molecule has 1 saturated carbocycles. The molecule has 2 aliphatic rings. The van der Waals surface area contributed by atoms with Gasteiger partial charge in [-0.05, 0) is 26.7 Å². The minimum absolute atomic E-state index is 0.0913. The fourth-order valence-corrected chi connectivity index (χ4v) is 6.65. The number of nitrogens with zero attached hydrogens (tertiary/aromatic N) is 2. The topological polar surface area (TPSA) is 76.0 Å². The summed E-state index contributed by atoms with van der Waals surface area (Å²) in [6, 6.07) is 0. The summed E-state index contributed by atoms with van der Waals surface area (Å²) in [6.07, 6.45) is 3.05. The molecule has 0 saturated heterocycles. The van der Waals surface area contributed by atoms with Gasteiger partial charge in [0.25, 0.3) is 0 Å². The maximum atomic E-state index is 13.1. The SMILES string of the molecule is CC(=O)n1nc(NC(=O)C2([Si](C)(C)C)CCC2)c2c1C(C)(C)NC2. The van der Waals surface area contributed by atoms with Crippen LogP contribution in [0.15, 0.2) is 0 Å². The Bertz CT molecular complexity index is 711. The lowest BCUT2D eigenvalue weighted by atomic mass is 9.83. The zero-order chi connectivity index (χ0) is 17.9. The fourth-order valence-electron chi connectivity index (χ4n) is 4.06. The largest absolute Gasteiger partial charge is 0.309 e. The van der Waals surface area contributed by atoms with Crippen LogP contribution in [0, 0.1) is 0 Å². The number of hydrogen-bond donors (Lipinski definition) is 2. The Kier molecular flexibility index (Phi) is 3.80. The summed E-state index contributed by atoms with van der Waals surface area (Å²) in [5.41, 5.74) is 1.47. The molecule has 1 aliphatic carbocycles. The van der Waals surface area contributed by atoms with E-state index in [4.69, 9.17) is 0 Å². The number of carbonyl (C=O) groups excluding carboxylic acids is 2. The zero-order valence-corrected chi connectivity index (χ0v) is 16.5. The maximum absolute atomic E-state index is 13.1. The summed E-state index contributed by atoms with van der Waals surface area (Å²) in [6.45, 7) is 13.0. The molecule has 132 valence electrons. The van der Waals surface area contributed by atoms with Crippen molar-refractivity contribution in [2.24, 2.45) is 0 Å². The minimum atomic E-state index is -1.64. The van der Waals surface area contributed by atoms with Crippen LogP contribution in [0.4, 0.5) is 5.82 Å². The van der Waals surface area contributed by atoms with Crippen LogP contribution < -0.4 is 10.6 Å². The molecule has 6 nitrogen and oxygen atoms in total. The van der Waals surface area contributed by atoms with Crippen molar-refractivity contribution in [3.05, 3.63) is 11.3 Å². The van der Waals surface area contributed by atoms with Gasteiger partial charge in [0.1, 0.15) is 0 Å². The van der Waals surface area contributed by atoms with E-state index in [0.29, 0.717) is 12.4 Å². The van der Waals surface area contributed by atoms with Gasteiger partial charge in [0.15, 0.2) is 5.82 Å². The van der Waals surface area contributed by atoms with Gasteiger partial charge in [0.05, 0.1) is 19.3 Å². The smallest absolute Gasteiger partial charge is 0.244 e. The van der Waals surface area contributed by atoms with Gasteiger partial charge < -0.3 is 10.6 Å². The quantitative estimate of drug-likeness (QED) is 0.823. The Morgan fingerprint density at radius 1 is 1.25 bits per heavy atom. The highest BCUT2D eigenvalue weighted by Gasteiger charge is 2.54. The molecule has 2 heterocycles. The standard InChI is InChI=1S/C17H28N4O2Si/c1-11(22)21-13-12(10-18-16(13,2)3)14(20-21)19-15(23)17(8-7-9-17)24(4,5)6/h18H,7-10H2,1-6H3,(H,19,20,23). The first kappa shape index (κ1) is 17.4. The molecule has 0 unspecified atom stereocenters. The molecular formula is C17H28N4O2Si. The molecule has 24 heavy (non-hydrogen) atoms. The van der Waals surface area contributed by atoms with Crippen LogP contribution in [0.5, 0.6) is 0 Å². The molecule has 0 radical (unpaired) electrons. The molecule has 1 aromatic rings. The number of amides is 1. The van der Waals surface area contributed by atoms with Crippen LogP contribution >= 0.6 is 0 Å². The van der Waals surface area contributed by atoms with Gasteiger partial charge in [-0.2, -0.15) is 0 Å². The molecule has 1 aromatic heterocycles. The summed E-state index contributed by atoms with van der Waals surface area (Å²) in [5, 5.41) is 10.7. The van der Waals surface area contributed by atoms with Gasteiger partial charge in [-0.15, -0.1) is 5.10 Å². The first-order chi connectivity index (χ1) is 11.0. The lowest BCUT2D eigenvalue weighted by molar-refractivity contribution is -0.121. The van der Waals surface area contributed by atoms with E-state index in [1.165, 1.54) is 11.6 Å². The zero-order valence-electron chi connectivity index (χ0n) is 15.5. The second-order valence-corrected chi connectivity index (χ2v) is 14.2. The van der Waals surface area contributed by atoms with Crippen LogP contribution in [0.1, 0.15) is 56.1 Å². The molecule has 1 aliphatic heterocycles. The number of carbonyl (C=O) groups is 2. The van der Waals surface area contributed by atoms with Crippen molar-refractivity contribution < 1.29 is 9.59 Å². The first-order valence-electron chi connectivity index (χ1n) is 8.69. The van der Waals surface area contributed by atoms with E-state index in [1.807, 2.05) is 13.8 Å². The summed E-state index contributed by atoms with van der Waals surface area (Å²) < 4.78 is 1.44. The van der Waals surface area contributed by atoms with Gasteiger partial charge in [-0.25, -0.2) is 4.68 Å². The molecular weight excluding hydrogens is 320 g/mol. The number of aromatic nitrogens is 2. The third-order valence-corrected chi connectivity index (χ3v) is 9.49. The molecule has 0 bridgehead atoms. The second kappa shape index (κ2) is 5.26. The van der Waals surface area contributed by atoms with Crippen molar-refractivity contribution in [2.75, 3.05) is 5.32 Å². The van der Waals surface area contributed by atoms with Crippen molar-refractivity contribution in [1.82, 2.24) is 15.1 Å². The van der Waals surface area contributed by atoms with E-state index >= 15 is 0 Å². The van der Waals surface area contributed by atoms with Gasteiger partial charge in [-0.1, -0.05) is 26.1 Å². The van der Waals surface area contributed by atoms with Gasteiger partial charge in [0.2, 0.25) is 11.8 Å². The Morgan fingerprint density at radius 3 is 2.33 bits per heavy atom. The van der Waals surface area contributed by atoms with E-state index in [2.05, 4.69) is 35.4 Å². The summed E-state index contributed by atoms with van der Waals surface area (Å²) in [4.78, 5) is 25.1. The average Bonchev–Trinajstić information content (AvgIpc) is 2.86. The summed E-state index contributed by atoms with van der Waals surface area (Å²) in [7, 11) is -1.64. The summed E-state index contributed by atoms with van der Waals surface area (Å²) >= 11 is 0. The number of rotatable bonds is 3. The van der Waals surface area contributed by atoms with Crippen LogP contribution in [0.2, 0.25) is 24.7 Å². The predicted molar refractivity (Wildman–Crippen MR) is 96.9 cm³/mol. The molecule has 1 amide bonds. The number of anilines is 1. The van der Waals surface area contributed by atoms with E-state index < -0.39 is 8.07 Å². The van der Waals surface area contributed by atoms with Crippen molar-refractivity contribution in [3.8, 4) is 0 Å². The Balaban J connectivity index is 1.96. The molecule has 7 heteroatoms. The first-order valence-corrected chi connectivity index (χ1v) is 12.2. The highest BCUT2D eigenvalue weighted by Crippen LogP contribution is 2.56. The Labute approximate surface area is 144 Å². The lowest BCUT2D eigenvalue weighted by Crippen LogP contribution is -2.52. The van der Waals surface area contributed by atoms with Crippen molar-refractivity contribution in [2.45, 2.75) is 76.8 Å². The van der Waals surface area contributed by atoms with Crippen molar-refractivity contribution in [3.63, 3.8) is 0 Å². The van der Waals surface area contributed by atoms with Gasteiger partial charge in [0, 0.05) is 24.1 Å². The van der Waals surface area contributed by atoms with Gasteiger partial charge in [-0.3, -0.25) is 9.59 Å². The van der Waals surface area contributed by atoms with Crippen molar-refractivity contribution >= 4 is 25.7 Å². The minimum Gasteiger partial charge on any atom is -0.309 e. The van der Waals surface area contributed by atoms with Crippen LogP contribution in [0.25, 0.3) is 0 Å². The third kappa shape index (κ3) is 2.37. The molecule has 0 atom stereocenters. The monoisotopic (exact) mass is 348 g/mol. The average molecular weight is 349 g/mol. The molecule has 1 fully saturated rings. The predicted octanol–water partition coefficient (Wildman–Crippen LogP) is 3.08. The number of nitrogens with one attached hydrogen (secondary N) is 2. The van der Waals surface area contributed by atoms with Gasteiger partial charge >= 0.3 is 0 Å². The highest BCUT2D eigenvalue weighted by atomic mass is 28.3.